The number of hydrogen-bond donors (Lipinski definition) is 1. The number of carbonyl (C=O) groups excluding carboxylic acids is 1. The second-order valence-corrected chi connectivity index (χ2v) is 7.23. The highest BCUT2D eigenvalue weighted by atomic mass is 35.5. The summed E-state index contributed by atoms with van der Waals surface area (Å²) in [6, 6.07) is 5.35. The van der Waals surface area contributed by atoms with Gasteiger partial charge in [-0.1, -0.05) is 25.4 Å². The van der Waals surface area contributed by atoms with E-state index in [1.807, 2.05) is 26.2 Å². The van der Waals surface area contributed by atoms with Gasteiger partial charge in [-0.25, -0.2) is 0 Å². The number of thioether (sulfide) groups is 1. The van der Waals surface area contributed by atoms with Crippen molar-refractivity contribution < 1.29 is 14.7 Å². The van der Waals surface area contributed by atoms with E-state index in [1.165, 1.54) is 11.8 Å². The lowest BCUT2D eigenvalue weighted by molar-refractivity contribution is -0.150. The summed E-state index contributed by atoms with van der Waals surface area (Å²) in [4.78, 5) is 26.9. The molecule has 1 heterocycles. The van der Waals surface area contributed by atoms with Gasteiger partial charge < -0.3 is 10.0 Å². The number of halogens is 1. The van der Waals surface area contributed by atoms with Crippen LogP contribution in [0.1, 0.15) is 30.6 Å². The fourth-order valence-corrected chi connectivity index (χ4v) is 3.50. The second-order valence-electron chi connectivity index (χ2n) is 5.94. The van der Waals surface area contributed by atoms with Crippen molar-refractivity contribution in [3.05, 3.63) is 28.8 Å². The van der Waals surface area contributed by atoms with E-state index < -0.39 is 11.4 Å². The van der Waals surface area contributed by atoms with Crippen molar-refractivity contribution in [3.8, 4) is 0 Å². The topological polar surface area (TPSA) is 57.6 Å². The summed E-state index contributed by atoms with van der Waals surface area (Å²) in [7, 11) is 0. The standard InChI is InChI=1S/C16H20ClNO3S/c1-10(2)16(15(20)21)6-7-18(9-16)14(19)12-8-11(22-3)4-5-13(12)17/h4-5,8,10H,6-7,9H2,1-3H3,(H,20,21). The summed E-state index contributed by atoms with van der Waals surface area (Å²) in [6.45, 7) is 4.47. The Balaban J connectivity index is 2.27. The molecule has 0 saturated carbocycles. The molecule has 0 aliphatic carbocycles. The monoisotopic (exact) mass is 341 g/mol. The zero-order valence-electron chi connectivity index (χ0n) is 12.9. The molecular weight excluding hydrogens is 322 g/mol. The Labute approximate surface area is 139 Å². The third kappa shape index (κ3) is 2.97. The molecule has 2 rings (SSSR count). The molecule has 1 aliphatic heterocycles. The van der Waals surface area contributed by atoms with Crippen molar-refractivity contribution in [2.45, 2.75) is 25.2 Å². The lowest BCUT2D eigenvalue weighted by atomic mass is 9.76. The molecule has 4 nitrogen and oxygen atoms in total. The molecule has 6 heteroatoms. The van der Waals surface area contributed by atoms with Gasteiger partial charge in [-0.2, -0.15) is 0 Å². The number of benzene rings is 1. The molecule has 1 fully saturated rings. The third-order valence-corrected chi connectivity index (χ3v) is 5.58. The fraction of sp³-hybridized carbons (Fsp3) is 0.500. The van der Waals surface area contributed by atoms with Crippen LogP contribution >= 0.6 is 23.4 Å². The first kappa shape index (κ1) is 17.2. The van der Waals surface area contributed by atoms with Crippen molar-refractivity contribution >= 4 is 35.2 Å². The van der Waals surface area contributed by atoms with Crippen LogP contribution in [0.2, 0.25) is 5.02 Å². The molecule has 0 spiro atoms. The summed E-state index contributed by atoms with van der Waals surface area (Å²) >= 11 is 7.69. The molecule has 0 radical (unpaired) electrons. The molecule has 1 amide bonds. The number of hydrogen-bond acceptors (Lipinski definition) is 3. The molecule has 1 saturated heterocycles. The number of carbonyl (C=O) groups is 2. The van der Waals surface area contributed by atoms with E-state index in [2.05, 4.69) is 0 Å². The summed E-state index contributed by atoms with van der Waals surface area (Å²) in [5.41, 5.74) is -0.419. The molecule has 1 atom stereocenters. The van der Waals surface area contributed by atoms with Crippen LogP contribution in [0.3, 0.4) is 0 Å². The number of likely N-dealkylation sites (tertiary alicyclic amines) is 1. The van der Waals surface area contributed by atoms with Crippen molar-refractivity contribution in [2.24, 2.45) is 11.3 Å². The predicted molar refractivity (Wildman–Crippen MR) is 88.7 cm³/mol. The molecule has 0 aromatic heterocycles. The minimum absolute atomic E-state index is 0.0317. The van der Waals surface area contributed by atoms with Gasteiger partial charge in [0.05, 0.1) is 16.0 Å². The van der Waals surface area contributed by atoms with Crippen LogP contribution in [0, 0.1) is 11.3 Å². The molecule has 1 unspecified atom stereocenters. The Hall–Kier alpha value is -1.20. The summed E-state index contributed by atoms with van der Waals surface area (Å²) in [5.74, 6) is -1.05. The Morgan fingerprint density at radius 1 is 1.41 bits per heavy atom. The van der Waals surface area contributed by atoms with Gasteiger partial charge in [0.1, 0.15) is 0 Å². The van der Waals surface area contributed by atoms with Gasteiger partial charge >= 0.3 is 5.97 Å². The van der Waals surface area contributed by atoms with Crippen LogP contribution in [0.5, 0.6) is 0 Å². The van der Waals surface area contributed by atoms with Crippen LogP contribution in [-0.2, 0) is 4.79 Å². The number of nitrogens with zero attached hydrogens (tertiary/aromatic N) is 1. The fourth-order valence-electron chi connectivity index (χ4n) is 2.86. The summed E-state index contributed by atoms with van der Waals surface area (Å²) in [6.07, 6.45) is 2.41. The highest BCUT2D eigenvalue weighted by molar-refractivity contribution is 7.98. The Kier molecular flexibility index (Phi) is 5.07. The quantitative estimate of drug-likeness (QED) is 0.849. The Morgan fingerprint density at radius 2 is 2.09 bits per heavy atom. The lowest BCUT2D eigenvalue weighted by Crippen LogP contribution is -2.40. The van der Waals surface area contributed by atoms with Gasteiger partial charge in [-0.15, -0.1) is 11.8 Å². The number of carboxylic acid groups (broad SMARTS) is 1. The van der Waals surface area contributed by atoms with Gasteiger partial charge in [0.25, 0.3) is 5.91 Å². The van der Waals surface area contributed by atoms with Crippen molar-refractivity contribution in [2.75, 3.05) is 19.3 Å². The van der Waals surface area contributed by atoms with Gasteiger partial charge in [0.2, 0.25) is 0 Å². The molecule has 1 aromatic rings. The number of carboxylic acids is 1. The zero-order chi connectivity index (χ0) is 16.5. The van der Waals surface area contributed by atoms with E-state index >= 15 is 0 Å². The lowest BCUT2D eigenvalue weighted by Gasteiger charge is -2.28. The SMILES string of the molecule is CSc1ccc(Cl)c(C(=O)N2CCC(C(=O)O)(C(C)C)C2)c1. The molecular formula is C16H20ClNO3S. The van der Waals surface area contributed by atoms with Crippen molar-refractivity contribution in [1.82, 2.24) is 4.90 Å². The van der Waals surface area contributed by atoms with Gasteiger partial charge in [-0.05, 0) is 36.8 Å². The maximum atomic E-state index is 12.7. The van der Waals surface area contributed by atoms with E-state index in [0.717, 1.165) is 4.90 Å². The smallest absolute Gasteiger partial charge is 0.311 e. The second kappa shape index (κ2) is 6.50. The number of rotatable bonds is 4. The minimum Gasteiger partial charge on any atom is -0.481 e. The van der Waals surface area contributed by atoms with Crippen molar-refractivity contribution in [1.29, 1.82) is 0 Å². The predicted octanol–water partition coefficient (Wildman–Crippen LogP) is 3.63. The largest absolute Gasteiger partial charge is 0.481 e. The highest BCUT2D eigenvalue weighted by Crippen LogP contribution is 2.39. The van der Waals surface area contributed by atoms with Crippen LogP contribution in [0.4, 0.5) is 0 Å². The molecule has 22 heavy (non-hydrogen) atoms. The third-order valence-electron chi connectivity index (χ3n) is 4.52. The Morgan fingerprint density at radius 3 is 2.59 bits per heavy atom. The van der Waals surface area contributed by atoms with Crippen LogP contribution in [0.15, 0.2) is 23.1 Å². The van der Waals surface area contributed by atoms with Gasteiger partial charge in [-0.3, -0.25) is 9.59 Å². The molecule has 120 valence electrons. The maximum Gasteiger partial charge on any atom is 0.311 e. The maximum absolute atomic E-state index is 12.7. The number of aliphatic carboxylic acids is 1. The summed E-state index contributed by atoms with van der Waals surface area (Å²) < 4.78 is 0. The normalized spacial score (nSPS) is 21.4. The van der Waals surface area contributed by atoms with E-state index in [-0.39, 0.29) is 18.4 Å². The van der Waals surface area contributed by atoms with E-state index in [4.69, 9.17) is 11.6 Å². The van der Waals surface area contributed by atoms with E-state index in [1.54, 1.807) is 17.0 Å². The van der Waals surface area contributed by atoms with Crippen LogP contribution < -0.4 is 0 Å². The zero-order valence-corrected chi connectivity index (χ0v) is 14.5. The van der Waals surface area contributed by atoms with Crippen LogP contribution in [0.25, 0.3) is 0 Å². The molecule has 0 bridgehead atoms. The van der Waals surface area contributed by atoms with Crippen LogP contribution in [-0.4, -0.2) is 41.2 Å². The molecule has 1 aliphatic rings. The highest BCUT2D eigenvalue weighted by Gasteiger charge is 2.48. The average Bonchev–Trinajstić information content (AvgIpc) is 2.94. The molecule has 1 N–H and O–H groups in total. The van der Waals surface area contributed by atoms with E-state index in [9.17, 15) is 14.7 Å². The first-order valence-electron chi connectivity index (χ1n) is 7.18. The first-order chi connectivity index (χ1) is 10.3. The Bertz CT molecular complexity index is 605. The summed E-state index contributed by atoms with van der Waals surface area (Å²) in [5, 5.41) is 9.98. The van der Waals surface area contributed by atoms with Crippen molar-refractivity contribution in [3.63, 3.8) is 0 Å². The van der Waals surface area contributed by atoms with Gasteiger partial charge in [0.15, 0.2) is 0 Å². The minimum atomic E-state index is -0.862. The van der Waals surface area contributed by atoms with Gasteiger partial charge in [0, 0.05) is 18.0 Å². The number of amides is 1. The first-order valence-corrected chi connectivity index (χ1v) is 8.78. The van der Waals surface area contributed by atoms with E-state index in [0.29, 0.717) is 23.6 Å². The average molecular weight is 342 g/mol. The molecule has 1 aromatic carbocycles.